The summed E-state index contributed by atoms with van der Waals surface area (Å²) in [5.41, 5.74) is 5.67. The lowest BCUT2D eigenvalue weighted by Gasteiger charge is -2.11. The van der Waals surface area contributed by atoms with Crippen LogP contribution < -0.4 is 20.9 Å². The quantitative estimate of drug-likeness (QED) is 0.351. The fourth-order valence-electron chi connectivity index (χ4n) is 1.83. The molecule has 0 aliphatic rings. The van der Waals surface area contributed by atoms with Crippen molar-refractivity contribution in [3.63, 3.8) is 0 Å². The average Bonchev–Trinajstić information content (AvgIpc) is 2.59. The highest BCUT2D eigenvalue weighted by Gasteiger charge is 2.11. The second-order valence-corrected chi connectivity index (χ2v) is 6.73. The van der Waals surface area contributed by atoms with Crippen LogP contribution in [0.3, 0.4) is 0 Å². The second kappa shape index (κ2) is 8.97. The van der Waals surface area contributed by atoms with Gasteiger partial charge in [0.05, 0.1) is 10.7 Å². The van der Waals surface area contributed by atoms with Gasteiger partial charge in [-0.1, -0.05) is 17.7 Å². The third-order valence-electron chi connectivity index (χ3n) is 3.02. The SMILES string of the molecule is COc1ccc(C(=O)NNC(=S)NC(=O)c2cccc(Cl)c2)cc1I. The molecule has 0 radical (unpaired) electrons. The molecule has 0 spiro atoms. The van der Waals surface area contributed by atoms with Gasteiger partial charge in [0.2, 0.25) is 0 Å². The van der Waals surface area contributed by atoms with E-state index in [0.29, 0.717) is 21.9 Å². The van der Waals surface area contributed by atoms with Gasteiger partial charge in [0.15, 0.2) is 5.11 Å². The van der Waals surface area contributed by atoms with Crippen LogP contribution in [-0.4, -0.2) is 24.0 Å². The molecule has 2 amide bonds. The normalized spacial score (nSPS) is 9.88. The smallest absolute Gasteiger partial charge is 0.269 e. The van der Waals surface area contributed by atoms with E-state index in [0.717, 1.165) is 3.57 Å². The van der Waals surface area contributed by atoms with Crippen molar-refractivity contribution in [1.29, 1.82) is 0 Å². The first-order chi connectivity index (χ1) is 11.9. The molecule has 0 aliphatic heterocycles. The number of ether oxygens (including phenoxy) is 1. The van der Waals surface area contributed by atoms with Gasteiger partial charge in [-0.25, -0.2) is 0 Å². The fourth-order valence-corrected chi connectivity index (χ4v) is 2.90. The minimum absolute atomic E-state index is 0.0402. The van der Waals surface area contributed by atoms with E-state index >= 15 is 0 Å². The van der Waals surface area contributed by atoms with Crippen molar-refractivity contribution in [3.8, 4) is 5.75 Å². The van der Waals surface area contributed by atoms with Gasteiger partial charge in [0, 0.05) is 16.1 Å². The Morgan fingerprint density at radius 2 is 1.80 bits per heavy atom. The zero-order valence-corrected chi connectivity index (χ0v) is 16.7. The number of carbonyl (C=O) groups is 2. The summed E-state index contributed by atoms with van der Waals surface area (Å²) in [5, 5.41) is 2.85. The van der Waals surface area contributed by atoms with Crippen molar-refractivity contribution in [3.05, 3.63) is 62.2 Å². The molecule has 2 rings (SSSR count). The summed E-state index contributed by atoms with van der Waals surface area (Å²) in [5.74, 6) is -0.164. The lowest BCUT2D eigenvalue weighted by atomic mass is 10.2. The van der Waals surface area contributed by atoms with Crippen molar-refractivity contribution in [2.75, 3.05) is 7.11 Å². The number of hydrogen-bond acceptors (Lipinski definition) is 4. The summed E-state index contributed by atoms with van der Waals surface area (Å²) in [6.45, 7) is 0. The topological polar surface area (TPSA) is 79.5 Å². The first-order valence-corrected chi connectivity index (χ1v) is 8.78. The molecule has 0 aromatic heterocycles. The Labute approximate surface area is 168 Å². The van der Waals surface area contributed by atoms with Crippen LogP contribution in [-0.2, 0) is 0 Å². The number of hydrogen-bond donors (Lipinski definition) is 3. The number of nitrogens with one attached hydrogen (secondary N) is 3. The van der Waals surface area contributed by atoms with Gasteiger partial charge >= 0.3 is 0 Å². The Morgan fingerprint density at radius 1 is 1.08 bits per heavy atom. The van der Waals surface area contributed by atoms with Crippen LogP contribution in [0, 0.1) is 3.57 Å². The molecular formula is C16H13ClIN3O3S. The average molecular weight is 490 g/mol. The lowest BCUT2D eigenvalue weighted by molar-refractivity contribution is 0.0934. The molecule has 2 aromatic carbocycles. The van der Waals surface area contributed by atoms with Crippen LogP contribution in [0.2, 0.25) is 5.02 Å². The van der Waals surface area contributed by atoms with Crippen molar-refractivity contribution in [1.82, 2.24) is 16.2 Å². The molecule has 0 heterocycles. The Morgan fingerprint density at radius 3 is 2.44 bits per heavy atom. The van der Waals surface area contributed by atoms with Gasteiger partial charge in [-0.2, -0.15) is 0 Å². The zero-order chi connectivity index (χ0) is 18.4. The summed E-state index contributed by atoms with van der Waals surface area (Å²) >= 11 is 12.9. The van der Waals surface area contributed by atoms with Crippen molar-refractivity contribution in [2.45, 2.75) is 0 Å². The van der Waals surface area contributed by atoms with Crippen LogP contribution in [0.4, 0.5) is 0 Å². The van der Waals surface area contributed by atoms with Crippen molar-refractivity contribution >= 4 is 63.3 Å². The molecule has 3 N–H and O–H groups in total. The fraction of sp³-hybridized carbons (Fsp3) is 0.0625. The molecule has 130 valence electrons. The van der Waals surface area contributed by atoms with Gasteiger partial charge in [-0.15, -0.1) is 0 Å². The monoisotopic (exact) mass is 489 g/mol. The number of halogens is 2. The summed E-state index contributed by atoms with van der Waals surface area (Å²) in [4.78, 5) is 24.1. The Bertz CT molecular complexity index is 832. The lowest BCUT2D eigenvalue weighted by Crippen LogP contribution is -2.48. The molecule has 0 atom stereocenters. The maximum Gasteiger partial charge on any atom is 0.269 e. The largest absolute Gasteiger partial charge is 0.496 e. The highest BCUT2D eigenvalue weighted by atomic mass is 127. The predicted molar refractivity (Wildman–Crippen MR) is 108 cm³/mol. The number of hydrazine groups is 1. The van der Waals surface area contributed by atoms with E-state index in [1.54, 1.807) is 43.5 Å². The molecular weight excluding hydrogens is 477 g/mol. The molecule has 0 fully saturated rings. The minimum Gasteiger partial charge on any atom is -0.496 e. The maximum absolute atomic E-state index is 12.1. The summed E-state index contributed by atoms with van der Waals surface area (Å²) in [6, 6.07) is 11.4. The molecule has 25 heavy (non-hydrogen) atoms. The van der Waals surface area contributed by atoms with E-state index in [-0.39, 0.29) is 5.11 Å². The summed E-state index contributed by atoms with van der Waals surface area (Å²) < 4.78 is 5.94. The Hall–Kier alpha value is -1.91. The van der Waals surface area contributed by atoms with E-state index in [4.69, 9.17) is 28.6 Å². The van der Waals surface area contributed by atoms with Gasteiger partial charge in [0.1, 0.15) is 5.75 Å². The summed E-state index contributed by atoms with van der Waals surface area (Å²) in [7, 11) is 1.56. The zero-order valence-electron chi connectivity index (χ0n) is 12.9. The molecule has 9 heteroatoms. The molecule has 0 saturated heterocycles. The Balaban J connectivity index is 1.90. The van der Waals surface area contributed by atoms with Gasteiger partial charge in [0.25, 0.3) is 11.8 Å². The predicted octanol–water partition coefficient (Wildman–Crippen LogP) is 2.90. The van der Waals surface area contributed by atoms with Crippen LogP contribution >= 0.6 is 46.4 Å². The van der Waals surface area contributed by atoms with Gasteiger partial charge in [-0.05, 0) is 71.2 Å². The third-order valence-corrected chi connectivity index (χ3v) is 4.30. The third kappa shape index (κ3) is 5.55. The van der Waals surface area contributed by atoms with Crippen molar-refractivity contribution in [2.24, 2.45) is 0 Å². The standard InChI is InChI=1S/C16H13ClIN3O3S/c1-24-13-6-5-10(8-12(13)18)15(23)20-21-16(25)19-14(22)9-3-2-4-11(17)7-9/h2-8H,1H3,(H,20,23)(H2,19,21,22,25). The highest BCUT2D eigenvalue weighted by molar-refractivity contribution is 14.1. The number of benzene rings is 2. The molecule has 6 nitrogen and oxygen atoms in total. The molecule has 0 unspecified atom stereocenters. The number of thiocarbonyl (C=S) groups is 1. The molecule has 0 aliphatic carbocycles. The number of carbonyl (C=O) groups excluding carboxylic acids is 2. The van der Waals surface area contributed by atoms with Crippen molar-refractivity contribution < 1.29 is 14.3 Å². The summed E-state index contributed by atoms with van der Waals surface area (Å²) in [6.07, 6.45) is 0. The van der Waals surface area contributed by atoms with Crippen LogP contribution in [0.1, 0.15) is 20.7 Å². The van der Waals surface area contributed by atoms with E-state index in [9.17, 15) is 9.59 Å². The first kappa shape index (κ1) is 19.4. The van der Waals surface area contributed by atoms with E-state index in [1.165, 1.54) is 6.07 Å². The number of amides is 2. The van der Waals surface area contributed by atoms with E-state index < -0.39 is 11.8 Å². The van der Waals surface area contributed by atoms with Crippen LogP contribution in [0.5, 0.6) is 5.75 Å². The van der Waals surface area contributed by atoms with Gasteiger partial charge in [-0.3, -0.25) is 25.8 Å². The Kier molecular flexibility index (Phi) is 6.97. The van der Waals surface area contributed by atoms with Crippen LogP contribution in [0.25, 0.3) is 0 Å². The molecule has 0 bridgehead atoms. The highest BCUT2D eigenvalue weighted by Crippen LogP contribution is 2.21. The van der Waals surface area contributed by atoms with Gasteiger partial charge < -0.3 is 4.74 Å². The number of methoxy groups -OCH3 is 1. The molecule has 0 saturated carbocycles. The maximum atomic E-state index is 12.1. The van der Waals surface area contributed by atoms with E-state index in [1.807, 2.05) is 0 Å². The van der Waals surface area contributed by atoms with Crippen LogP contribution in [0.15, 0.2) is 42.5 Å². The first-order valence-electron chi connectivity index (χ1n) is 6.91. The number of rotatable bonds is 3. The second-order valence-electron chi connectivity index (χ2n) is 4.72. The molecule has 2 aromatic rings. The van der Waals surface area contributed by atoms with E-state index in [2.05, 4.69) is 38.8 Å². The minimum atomic E-state index is -0.437.